The molecule has 21 heavy (non-hydrogen) atoms. The summed E-state index contributed by atoms with van der Waals surface area (Å²) >= 11 is 0. The number of benzene rings is 1. The van der Waals surface area contributed by atoms with Crippen LogP contribution in [0.25, 0.3) is 11.3 Å². The minimum atomic E-state index is -0.975. The van der Waals surface area contributed by atoms with Crippen molar-refractivity contribution < 1.29 is 19.0 Å². The largest absolute Gasteiger partial charge is 0.494 e. The van der Waals surface area contributed by atoms with E-state index in [1.54, 1.807) is 18.2 Å². The maximum atomic E-state index is 13.8. The minimum absolute atomic E-state index is 0.170. The maximum absolute atomic E-state index is 13.8. The number of carboxylic acid groups (broad SMARTS) is 1. The Morgan fingerprint density at radius 3 is 2.67 bits per heavy atom. The van der Waals surface area contributed by atoms with E-state index in [1.165, 1.54) is 19.2 Å². The van der Waals surface area contributed by atoms with Crippen molar-refractivity contribution in [3.8, 4) is 17.0 Å². The minimum Gasteiger partial charge on any atom is -0.494 e. The van der Waals surface area contributed by atoms with Crippen LogP contribution in [0.1, 0.15) is 34.8 Å². The molecule has 1 heterocycles. The first kappa shape index (κ1) is 13.5. The van der Waals surface area contributed by atoms with Crippen molar-refractivity contribution in [3.05, 3.63) is 47.4 Å². The lowest BCUT2D eigenvalue weighted by Crippen LogP contribution is -2.04. The number of hydrogen-bond donors (Lipinski definition) is 1. The predicted octanol–water partition coefficient (Wildman–Crippen LogP) is 3.47. The Balaban J connectivity index is 2.04. The Bertz CT molecular complexity index is 711. The van der Waals surface area contributed by atoms with Crippen molar-refractivity contribution >= 4 is 5.97 Å². The highest BCUT2D eigenvalue weighted by Crippen LogP contribution is 2.41. The van der Waals surface area contributed by atoms with E-state index in [4.69, 9.17) is 4.74 Å². The number of ether oxygens (including phenoxy) is 1. The molecule has 1 aromatic heterocycles. The Morgan fingerprint density at radius 1 is 1.33 bits per heavy atom. The number of hydrogen-bond acceptors (Lipinski definition) is 3. The summed E-state index contributed by atoms with van der Waals surface area (Å²) in [4.78, 5) is 15.7. The molecule has 1 aliphatic rings. The van der Waals surface area contributed by atoms with Crippen LogP contribution >= 0.6 is 0 Å². The molecule has 0 saturated heterocycles. The van der Waals surface area contributed by atoms with E-state index in [9.17, 15) is 14.3 Å². The molecule has 4 nitrogen and oxygen atoms in total. The highest BCUT2D eigenvalue weighted by atomic mass is 19.1. The third-order valence-corrected chi connectivity index (χ3v) is 3.57. The molecule has 1 fully saturated rings. The molecule has 0 atom stereocenters. The summed E-state index contributed by atoms with van der Waals surface area (Å²) in [6.07, 6.45) is 1.90. The van der Waals surface area contributed by atoms with E-state index < -0.39 is 11.8 Å². The Morgan fingerprint density at radius 2 is 2.10 bits per heavy atom. The van der Waals surface area contributed by atoms with Gasteiger partial charge in [-0.25, -0.2) is 9.18 Å². The van der Waals surface area contributed by atoms with Crippen LogP contribution in [0.2, 0.25) is 0 Å². The number of halogens is 1. The lowest BCUT2D eigenvalue weighted by molar-refractivity contribution is 0.0695. The van der Waals surface area contributed by atoms with Crippen LogP contribution < -0.4 is 4.74 Å². The van der Waals surface area contributed by atoms with Gasteiger partial charge in [0.2, 0.25) is 0 Å². The quantitative estimate of drug-likeness (QED) is 0.935. The molecule has 1 aliphatic carbocycles. The summed E-state index contributed by atoms with van der Waals surface area (Å²) in [6, 6.07) is 7.74. The van der Waals surface area contributed by atoms with Gasteiger partial charge in [-0.1, -0.05) is 0 Å². The number of methoxy groups -OCH3 is 1. The molecule has 3 rings (SSSR count). The highest BCUT2D eigenvalue weighted by molar-refractivity contribution is 5.89. The third-order valence-electron chi connectivity index (χ3n) is 3.57. The van der Waals surface area contributed by atoms with E-state index in [0.29, 0.717) is 17.0 Å². The van der Waals surface area contributed by atoms with Crippen molar-refractivity contribution in [2.45, 2.75) is 18.8 Å². The number of pyridine rings is 1. The lowest BCUT2D eigenvalue weighted by Gasteiger charge is -2.09. The van der Waals surface area contributed by atoms with Gasteiger partial charge < -0.3 is 9.84 Å². The van der Waals surface area contributed by atoms with E-state index >= 15 is 0 Å². The Hall–Kier alpha value is -2.43. The summed E-state index contributed by atoms with van der Waals surface area (Å²) in [5.41, 5.74) is 2.00. The fourth-order valence-corrected chi connectivity index (χ4v) is 2.31. The molecule has 0 aliphatic heterocycles. The second kappa shape index (κ2) is 5.16. The lowest BCUT2D eigenvalue weighted by atomic mass is 10.1. The Labute approximate surface area is 121 Å². The molecule has 0 bridgehead atoms. The molecular formula is C16H14FNO3. The SMILES string of the molecule is COc1ccc(-c2ccc(C(=O)O)c(C3CC3)n2)cc1F. The summed E-state index contributed by atoms with van der Waals surface area (Å²) in [5, 5.41) is 9.20. The van der Waals surface area contributed by atoms with Gasteiger partial charge in [-0.15, -0.1) is 0 Å². The van der Waals surface area contributed by atoms with Crippen LogP contribution in [-0.4, -0.2) is 23.2 Å². The van der Waals surface area contributed by atoms with E-state index in [2.05, 4.69) is 4.98 Å². The molecule has 0 spiro atoms. The number of nitrogens with zero attached hydrogens (tertiary/aromatic N) is 1. The van der Waals surface area contributed by atoms with Gasteiger partial charge >= 0.3 is 5.97 Å². The zero-order chi connectivity index (χ0) is 15.0. The molecule has 0 unspecified atom stereocenters. The second-order valence-electron chi connectivity index (χ2n) is 5.06. The highest BCUT2D eigenvalue weighted by Gasteiger charge is 2.30. The van der Waals surface area contributed by atoms with Crippen LogP contribution in [0.15, 0.2) is 30.3 Å². The Kier molecular flexibility index (Phi) is 3.33. The summed E-state index contributed by atoms with van der Waals surface area (Å²) in [6.45, 7) is 0. The molecule has 1 aromatic carbocycles. The van der Waals surface area contributed by atoms with Gasteiger partial charge in [-0.2, -0.15) is 0 Å². The number of aromatic nitrogens is 1. The molecule has 5 heteroatoms. The van der Waals surface area contributed by atoms with Crippen molar-refractivity contribution in [3.63, 3.8) is 0 Å². The van der Waals surface area contributed by atoms with Gasteiger partial charge in [0.1, 0.15) is 0 Å². The standard InChI is InChI=1S/C16H14FNO3/c1-21-14-7-4-10(8-12(14)17)13-6-5-11(16(19)20)15(18-13)9-2-3-9/h4-9H,2-3H2,1H3,(H,19,20). The van der Waals surface area contributed by atoms with Gasteiger partial charge in [-0.3, -0.25) is 4.98 Å². The van der Waals surface area contributed by atoms with Crippen LogP contribution in [0, 0.1) is 5.82 Å². The summed E-state index contributed by atoms with van der Waals surface area (Å²) < 4.78 is 18.7. The van der Waals surface area contributed by atoms with E-state index in [1.807, 2.05) is 0 Å². The van der Waals surface area contributed by atoms with Gasteiger partial charge in [0, 0.05) is 11.5 Å². The normalized spacial score (nSPS) is 14.0. The molecule has 1 saturated carbocycles. The average Bonchev–Trinajstić information content (AvgIpc) is 3.31. The van der Waals surface area contributed by atoms with Gasteiger partial charge in [0.15, 0.2) is 11.6 Å². The fourth-order valence-electron chi connectivity index (χ4n) is 2.31. The van der Waals surface area contributed by atoms with Crippen LogP contribution in [0.3, 0.4) is 0 Å². The fraction of sp³-hybridized carbons (Fsp3) is 0.250. The first-order valence-electron chi connectivity index (χ1n) is 6.68. The zero-order valence-corrected chi connectivity index (χ0v) is 11.5. The van der Waals surface area contributed by atoms with Crippen LogP contribution in [0.5, 0.6) is 5.75 Å². The number of carbonyl (C=O) groups is 1. The predicted molar refractivity (Wildman–Crippen MR) is 75.1 cm³/mol. The molecule has 108 valence electrons. The van der Waals surface area contributed by atoms with Gasteiger partial charge in [0.25, 0.3) is 0 Å². The number of carboxylic acids is 1. The number of rotatable bonds is 4. The topological polar surface area (TPSA) is 59.4 Å². The maximum Gasteiger partial charge on any atom is 0.337 e. The molecule has 2 aromatic rings. The smallest absolute Gasteiger partial charge is 0.337 e. The second-order valence-corrected chi connectivity index (χ2v) is 5.06. The van der Waals surface area contributed by atoms with Crippen LogP contribution in [0.4, 0.5) is 4.39 Å². The van der Waals surface area contributed by atoms with Gasteiger partial charge in [-0.05, 0) is 43.2 Å². The summed E-state index contributed by atoms with van der Waals surface area (Å²) in [5.74, 6) is -1.06. The van der Waals surface area contributed by atoms with Gasteiger partial charge in [0.05, 0.1) is 24.1 Å². The first-order chi connectivity index (χ1) is 10.1. The average molecular weight is 287 g/mol. The number of aromatic carboxylic acids is 1. The molecular weight excluding hydrogens is 273 g/mol. The van der Waals surface area contributed by atoms with Crippen molar-refractivity contribution in [2.75, 3.05) is 7.11 Å². The molecule has 0 radical (unpaired) electrons. The van der Waals surface area contributed by atoms with Crippen molar-refractivity contribution in [2.24, 2.45) is 0 Å². The van der Waals surface area contributed by atoms with Crippen molar-refractivity contribution in [1.82, 2.24) is 4.98 Å². The third kappa shape index (κ3) is 2.59. The summed E-state index contributed by atoms with van der Waals surface area (Å²) in [7, 11) is 1.41. The first-order valence-corrected chi connectivity index (χ1v) is 6.68. The zero-order valence-electron chi connectivity index (χ0n) is 11.5. The molecule has 0 amide bonds. The van der Waals surface area contributed by atoms with E-state index in [-0.39, 0.29) is 17.2 Å². The van der Waals surface area contributed by atoms with Crippen molar-refractivity contribution in [1.29, 1.82) is 0 Å². The van der Waals surface area contributed by atoms with E-state index in [0.717, 1.165) is 12.8 Å². The molecule has 1 N–H and O–H groups in total. The monoisotopic (exact) mass is 287 g/mol. The van der Waals surface area contributed by atoms with Crippen LogP contribution in [-0.2, 0) is 0 Å².